The summed E-state index contributed by atoms with van der Waals surface area (Å²) in [5.41, 5.74) is 0. The predicted octanol–water partition coefficient (Wildman–Crippen LogP) is 1.94. The fraction of sp³-hybridized carbons (Fsp3) is 0.250. The Morgan fingerprint density at radius 3 is 3.20 bits per heavy atom. The summed E-state index contributed by atoms with van der Waals surface area (Å²) in [5, 5.41) is 3.25. The molecule has 2 aliphatic rings. The Hall–Kier alpha value is -0.500. The number of hydrogen-bond donors (Lipinski definition) is 1. The molecule has 2 rings (SSSR count). The van der Waals surface area contributed by atoms with Gasteiger partial charge in [0.15, 0.2) is 0 Å². The molecule has 2 unspecified atom stereocenters. The lowest BCUT2D eigenvalue weighted by molar-refractivity contribution is 0.649. The molecule has 0 fully saturated rings. The average Bonchev–Trinajstić information content (AvgIpc) is 2.33. The van der Waals surface area contributed by atoms with Gasteiger partial charge in [-0.1, -0.05) is 34.2 Å². The molecule has 52 valence electrons. The molecule has 0 aromatic carbocycles. The lowest BCUT2D eigenvalue weighted by Gasteiger charge is -2.16. The Labute approximate surface area is 68.6 Å². The first kappa shape index (κ1) is 6.23. The van der Waals surface area contributed by atoms with E-state index in [1.54, 1.807) is 0 Å². The Kier molecular flexibility index (Phi) is 1.42. The van der Waals surface area contributed by atoms with Gasteiger partial charge < -0.3 is 5.32 Å². The molecule has 10 heavy (non-hydrogen) atoms. The van der Waals surface area contributed by atoms with Crippen LogP contribution in [0.15, 0.2) is 35.0 Å². The first-order valence-corrected chi connectivity index (χ1v) is 4.14. The highest BCUT2D eigenvalue weighted by Crippen LogP contribution is 2.24. The highest BCUT2D eigenvalue weighted by molar-refractivity contribution is 9.11. The van der Waals surface area contributed by atoms with E-state index in [-0.39, 0.29) is 0 Å². The third-order valence-electron chi connectivity index (χ3n) is 1.84. The van der Waals surface area contributed by atoms with Gasteiger partial charge in [-0.05, 0) is 12.3 Å². The zero-order chi connectivity index (χ0) is 6.97. The summed E-state index contributed by atoms with van der Waals surface area (Å²) in [4.78, 5) is 0. The summed E-state index contributed by atoms with van der Waals surface area (Å²) < 4.78 is 1.17. The molecule has 0 radical (unpaired) electrons. The van der Waals surface area contributed by atoms with Crippen molar-refractivity contribution in [1.82, 2.24) is 5.32 Å². The van der Waals surface area contributed by atoms with Crippen molar-refractivity contribution >= 4 is 15.9 Å². The molecule has 2 atom stereocenters. The Bertz CT molecular complexity index is 227. The molecule has 1 aliphatic carbocycles. The lowest BCUT2D eigenvalue weighted by Crippen LogP contribution is -2.24. The summed E-state index contributed by atoms with van der Waals surface area (Å²) in [6.45, 7) is 0. The van der Waals surface area contributed by atoms with Gasteiger partial charge in [-0.15, -0.1) is 0 Å². The van der Waals surface area contributed by atoms with Gasteiger partial charge in [0.05, 0.1) is 6.04 Å². The third-order valence-corrected chi connectivity index (χ3v) is 2.37. The van der Waals surface area contributed by atoms with Gasteiger partial charge in [0, 0.05) is 10.4 Å². The standard InChI is InChI=1S/C8H8BrN/c9-7-2-1-6-3-4-10-8(6)5-7/h1-6,8,10H. The minimum atomic E-state index is 0.486. The smallest absolute Gasteiger partial charge is 0.0550 e. The largest absolute Gasteiger partial charge is 0.384 e. The van der Waals surface area contributed by atoms with Gasteiger partial charge >= 0.3 is 0 Å². The van der Waals surface area contributed by atoms with Crippen LogP contribution in [0.25, 0.3) is 0 Å². The van der Waals surface area contributed by atoms with Crippen LogP contribution < -0.4 is 5.32 Å². The van der Waals surface area contributed by atoms with Crippen LogP contribution in [0.5, 0.6) is 0 Å². The van der Waals surface area contributed by atoms with Crippen molar-refractivity contribution in [2.45, 2.75) is 6.04 Å². The Morgan fingerprint density at radius 2 is 2.30 bits per heavy atom. The van der Waals surface area contributed by atoms with E-state index >= 15 is 0 Å². The van der Waals surface area contributed by atoms with Crippen LogP contribution >= 0.6 is 15.9 Å². The third kappa shape index (κ3) is 0.926. The molecule has 2 heteroatoms. The number of allylic oxidation sites excluding steroid dienone is 2. The van der Waals surface area contributed by atoms with Crippen molar-refractivity contribution in [3.05, 3.63) is 35.0 Å². The second kappa shape index (κ2) is 2.27. The SMILES string of the molecule is BrC1=CC2NC=CC2C=C1. The number of halogens is 1. The number of rotatable bonds is 0. The number of fused-ring (bicyclic) bond motifs is 1. The topological polar surface area (TPSA) is 12.0 Å². The van der Waals surface area contributed by atoms with E-state index in [9.17, 15) is 0 Å². The van der Waals surface area contributed by atoms with E-state index in [4.69, 9.17) is 0 Å². The molecule has 0 saturated carbocycles. The zero-order valence-corrected chi connectivity index (χ0v) is 7.01. The highest BCUT2D eigenvalue weighted by atomic mass is 79.9. The summed E-state index contributed by atoms with van der Waals surface area (Å²) >= 11 is 3.43. The summed E-state index contributed by atoms with van der Waals surface area (Å²) in [7, 11) is 0. The van der Waals surface area contributed by atoms with Crippen LogP contribution in [0.2, 0.25) is 0 Å². The van der Waals surface area contributed by atoms with Gasteiger partial charge in [-0.25, -0.2) is 0 Å². The van der Waals surface area contributed by atoms with E-state index in [1.165, 1.54) is 4.48 Å². The van der Waals surface area contributed by atoms with Gasteiger partial charge in [-0.3, -0.25) is 0 Å². The van der Waals surface area contributed by atoms with Gasteiger partial charge in [0.2, 0.25) is 0 Å². The quantitative estimate of drug-likeness (QED) is 0.627. The summed E-state index contributed by atoms with van der Waals surface area (Å²) in [6, 6.07) is 0.486. The molecule has 1 nitrogen and oxygen atoms in total. The second-order valence-electron chi connectivity index (χ2n) is 2.54. The molecule has 0 spiro atoms. The van der Waals surface area contributed by atoms with Crippen molar-refractivity contribution in [2.24, 2.45) is 5.92 Å². The van der Waals surface area contributed by atoms with Crippen LogP contribution in [0.1, 0.15) is 0 Å². The summed E-state index contributed by atoms with van der Waals surface area (Å²) in [6.07, 6.45) is 10.7. The minimum absolute atomic E-state index is 0.486. The molecule has 0 saturated heterocycles. The Morgan fingerprint density at radius 1 is 1.40 bits per heavy atom. The monoisotopic (exact) mass is 197 g/mol. The molecule has 0 bridgehead atoms. The molecule has 0 aromatic heterocycles. The van der Waals surface area contributed by atoms with Crippen LogP contribution in [-0.4, -0.2) is 6.04 Å². The van der Waals surface area contributed by atoms with Crippen molar-refractivity contribution < 1.29 is 0 Å². The first-order chi connectivity index (χ1) is 4.86. The maximum Gasteiger partial charge on any atom is 0.0550 e. The van der Waals surface area contributed by atoms with Crippen molar-refractivity contribution in [3.63, 3.8) is 0 Å². The average molecular weight is 198 g/mol. The molecule has 1 aliphatic heterocycles. The maximum absolute atomic E-state index is 3.43. The number of hydrogen-bond acceptors (Lipinski definition) is 1. The van der Waals surface area contributed by atoms with Crippen molar-refractivity contribution in [1.29, 1.82) is 0 Å². The van der Waals surface area contributed by atoms with Gasteiger partial charge in [0.25, 0.3) is 0 Å². The van der Waals surface area contributed by atoms with E-state index in [0.717, 1.165) is 0 Å². The first-order valence-electron chi connectivity index (χ1n) is 3.34. The van der Waals surface area contributed by atoms with Crippen LogP contribution in [0.3, 0.4) is 0 Å². The van der Waals surface area contributed by atoms with Crippen molar-refractivity contribution in [3.8, 4) is 0 Å². The van der Waals surface area contributed by atoms with Crippen LogP contribution in [-0.2, 0) is 0 Å². The van der Waals surface area contributed by atoms with E-state index in [2.05, 4.69) is 45.6 Å². The second-order valence-corrected chi connectivity index (χ2v) is 3.46. The van der Waals surface area contributed by atoms with E-state index in [0.29, 0.717) is 12.0 Å². The normalized spacial score (nSPS) is 35.1. The molecular formula is C8H8BrN. The summed E-state index contributed by atoms with van der Waals surface area (Å²) in [5.74, 6) is 0.571. The zero-order valence-electron chi connectivity index (χ0n) is 5.42. The number of nitrogens with one attached hydrogen (secondary N) is 1. The lowest BCUT2D eigenvalue weighted by atomic mass is 9.98. The maximum atomic E-state index is 3.43. The molecule has 1 heterocycles. The molecule has 0 amide bonds. The fourth-order valence-electron chi connectivity index (χ4n) is 1.28. The molecule has 1 N–H and O–H groups in total. The van der Waals surface area contributed by atoms with Crippen LogP contribution in [0, 0.1) is 5.92 Å². The predicted molar refractivity (Wildman–Crippen MR) is 45.7 cm³/mol. The minimum Gasteiger partial charge on any atom is -0.384 e. The Balaban J connectivity index is 2.25. The van der Waals surface area contributed by atoms with Crippen LogP contribution in [0.4, 0.5) is 0 Å². The highest BCUT2D eigenvalue weighted by Gasteiger charge is 2.19. The van der Waals surface area contributed by atoms with Gasteiger partial charge in [-0.2, -0.15) is 0 Å². The van der Waals surface area contributed by atoms with Crippen molar-refractivity contribution in [2.75, 3.05) is 0 Å². The van der Waals surface area contributed by atoms with Gasteiger partial charge in [0.1, 0.15) is 0 Å². The molecular weight excluding hydrogens is 190 g/mol. The molecule has 0 aromatic rings. The van der Waals surface area contributed by atoms with E-state index < -0.39 is 0 Å². The fourth-order valence-corrected chi connectivity index (χ4v) is 1.72. The van der Waals surface area contributed by atoms with E-state index in [1.807, 2.05) is 6.20 Å².